The molecule has 1 aliphatic carbocycles. The van der Waals surface area contributed by atoms with Gasteiger partial charge in [0.25, 0.3) is 0 Å². The van der Waals surface area contributed by atoms with Crippen LogP contribution in [-0.2, 0) is 4.74 Å². The summed E-state index contributed by atoms with van der Waals surface area (Å²) in [5.41, 5.74) is -0.354. The van der Waals surface area contributed by atoms with E-state index < -0.39 is 5.60 Å². The van der Waals surface area contributed by atoms with Gasteiger partial charge >= 0.3 is 6.09 Å². The van der Waals surface area contributed by atoms with Crippen LogP contribution >= 0.6 is 0 Å². The third-order valence-electron chi connectivity index (χ3n) is 3.90. The summed E-state index contributed by atoms with van der Waals surface area (Å²) in [5.74, 6) is 0. The van der Waals surface area contributed by atoms with Crippen molar-refractivity contribution in [3.8, 4) is 0 Å². The standard InChI is InChI=1S/C15H28N2O2/c1-13(2,3)19-12(18)17-10-14(4,5)16-15(11-17)8-6-7-9-15/h16H,6-11H2,1-5H3. The lowest BCUT2D eigenvalue weighted by Crippen LogP contribution is -2.69. The van der Waals surface area contributed by atoms with Crippen molar-refractivity contribution in [3.63, 3.8) is 0 Å². The van der Waals surface area contributed by atoms with Gasteiger partial charge in [0.15, 0.2) is 0 Å². The number of carbonyl (C=O) groups is 1. The van der Waals surface area contributed by atoms with Gasteiger partial charge < -0.3 is 15.0 Å². The summed E-state index contributed by atoms with van der Waals surface area (Å²) >= 11 is 0. The first-order valence-corrected chi connectivity index (χ1v) is 7.38. The zero-order valence-electron chi connectivity index (χ0n) is 13.0. The summed E-state index contributed by atoms with van der Waals surface area (Å²) in [4.78, 5) is 14.2. The predicted octanol–water partition coefficient (Wildman–Crippen LogP) is 2.92. The van der Waals surface area contributed by atoms with Gasteiger partial charge in [0.1, 0.15) is 5.60 Å². The Labute approximate surface area is 116 Å². The molecule has 0 aromatic heterocycles. The number of hydrogen-bond donors (Lipinski definition) is 1. The first kappa shape index (κ1) is 14.6. The number of amides is 1. The van der Waals surface area contributed by atoms with Crippen LogP contribution in [0.25, 0.3) is 0 Å². The average molecular weight is 268 g/mol. The second-order valence-corrected chi connectivity index (χ2v) is 7.83. The molecule has 110 valence electrons. The molecule has 1 N–H and O–H groups in total. The summed E-state index contributed by atoms with van der Waals surface area (Å²) < 4.78 is 5.53. The number of carbonyl (C=O) groups excluding carboxylic acids is 1. The molecule has 1 heterocycles. The Morgan fingerprint density at radius 3 is 2.26 bits per heavy atom. The van der Waals surface area contributed by atoms with Crippen LogP contribution < -0.4 is 5.32 Å². The van der Waals surface area contributed by atoms with Gasteiger partial charge in [-0.3, -0.25) is 0 Å². The van der Waals surface area contributed by atoms with Crippen LogP contribution in [0.5, 0.6) is 0 Å². The Morgan fingerprint density at radius 2 is 1.74 bits per heavy atom. The molecule has 0 aromatic rings. The van der Waals surface area contributed by atoms with Gasteiger partial charge in [0.2, 0.25) is 0 Å². The number of piperazine rings is 1. The van der Waals surface area contributed by atoms with Crippen molar-refractivity contribution in [3.05, 3.63) is 0 Å². The van der Waals surface area contributed by atoms with Crippen molar-refractivity contribution < 1.29 is 9.53 Å². The van der Waals surface area contributed by atoms with Crippen molar-refractivity contribution in [2.24, 2.45) is 0 Å². The molecule has 0 radical (unpaired) electrons. The lowest BCUT2D eigenvalue weighted by Gasteiger charge is -2.49. The summed E-state index contributed by atoms with van der Waals surface area (Å²) in [6, 6.07) is 0. The molecule has 0 bridgehead atoms. The van der Waals surface area contributed by atoms with Gasteiger partial charge in [-0.1, -0.05) is 12.8 Å². The zero-order chi connectivity index (χ0) is 14.3. The maximum atomic E-state index is 12.3. The molecule has 1 saturated heterocycles. The van der Waals surface area contributed by atoms with Crippen LogP contribution in [0.4, 0.5) is 4.79 Å². The lowest BCUT2D eigenvalue weighted by atomic mass is 9.87. The van der Waals surface area contributed by atoms with E-state index in [1.165, 1.54) is 12.8 Å². The maximum Gasteiger partial charge on any atom is 0.410 e. The molecule has 2 fully saturated rings. The first-order valence-electron chi connectivity index (χ1n) is 7.38. The fraction of sp³-hybridized carbons (Fsp3) is 0.933. The molecule has 0 unspecified atom stereocenters. The van der Waals surface area contributed by atoms with Gasteiger partial charge in [-0.15, -0.1) is 0 Å². The van der Waals surface area contributed by atoms with E-state index in [0.29, 0.717) is 6.54 Å². The number of hydrogen-bond acceptors (Lipinski definition) is 3. The molecule has 19 heavy (non-hydrogen) atoms. The van der Waals surface area contributed by atoms with Crippen molar-refractivity contribution >= 4 is 6.09 Å². The Hall–Kier alpha value is -0.770. The number of rotatable bonds is 0. The van der Waals surface area contributed by atoms with Gasteiger partial charge in [-0.25, -0.2) is 4.79 Å². The molecule has 4 heteroatoms. The Kier molecular flexibility index (Phi) is 3.58. The highest BCUT2D eigenvalue weighted by Crippen LogP contribution is 2.35. The van der Waals surface area contributed by atoms with E-state index in [4.69, 9.17) is 4.74 Å². The maximum absolute atomic E-state index is 12.3. The van der Waals surface area contributed by atoms with Crippen LogP contribution in [0, 0.1) is 0 Å². The highest BCUT2D eigenvalue weighted by Gasteiger charge is 2.46. The zero-order valence-corrected chi connectivity index (χ0v) is 13.0. The molecule has 2 rings (SSSR count). The Morgan fingerprint density at radius 1 is 1.16 bits per heavy atom. The molecule has 2 aliphatic rings. The summed E-state index contributed by atoms with van der Waals surface area (Å²) in [7, 11) is 0. The highest BCUT2D eigenvalue weighted by atomic mass is 16.6. The van der Waals surface area contributed by atoms with Gasteiger partial charge in [0, 0.05) is 24.2 Å². The van der Waals surface area contributed by atoms with Gasteiger partial charge in [0.05, 0.1) is 0 Å². The molecule has 1 amide bonds. The fourth-order valence-electron chi connectivity index (χ4n) is 3.49. The molecular formula is C15H28N2O2. The van der Waals surface area contributed by atoms with Crippen LogP contribution in [0.15, 0.2) is 0 Å². The smallest absolute Gasteiger partial charge is 0.410 e. The molecule has 0 atom stereocenters. The van der Waals surface area contributed by atoms with E-state index in [2.05, 4.69) is 19.2 Å². The first-order chi connectivity index (χ1) is 8.61. The molecule has 4 nitrogen and oxygen atoms in total. The van der Waals surface area contributed by atoms with Crippen LogP contribution in [-0.4, -0.2) is 40.8 Å². The van der Waals surface area contributed by atoms with Gasteiger partial charge in [-0.2, -0.15) is 0 Å². The SMILES string of the molecule is CC1(C)CN(C(=O)OC(C)(C)C)CC2(CCCC2)N1. The summed E-state index contributed by atoms with van der Waals surface area (Å²) in [5, 5.41) is 3.77. The normalized spacial score (nSPS) is 25.6. The van der Waals surface area contributed by atoms with E-state index >= 15 is 0 Å². The minimum atomic E-state index is -0.422. The van der Waals surface area contributed by atoms with Gasteiger partial charge in [-0.05, 0) is 47.5 Å². The van der Waals surface area contributed by atoms with Crippen LogP contribution in [0.2, 0.25) is 0 Å². The van der Waals surface area contributed by atoms with Crippen molar-refractivity contribution in [2.45, 2.75) is 77.0 Å². The second-order valence-electron chi connectivity index (χ2n) is 7.83. The van der Waals surface area contributed by atoms with E-state index in [1.807, 2.05) is 25.7 Å². The average Bonchev–Trinajstić information content (AvgIpc) is 2.60. The predicted molar refractivity (Wildman–Crippen MR) is 76.2 cm³/mol. The molecule has 1 aliphatic heterocycles. The third-order valence-corrected chi connectivity index (χ3v) is 3.90. The number of ether oxygens (including phenoxy) is 1. The number of nitrogens with one attached hydrogen (secondary N) is 1. The van der Waals surface area contributed by atoms with E-state index in [-0.39, 0.29) is 17.2 Å². The van der Waals surface area contributed by atoms with E-state index in [1.54, 1.807) is 0 Å². The van der Waals surface area contributed by atoms with Crippen molar-refractivity contribution in [1.29, 1.82) is 0 Å². The molecule has 1 spiro atoms. The summed E-state index contributed by atoms with van der Waals surface area (Å²) in [6.45, 7) is 11.6. The topological polar surface area (TPSA) is 41.6 Å². The van der Waals surface area contributed by atoms with Crippen molar-refractivity contribution in [1.82, 2.24) is 10.2 Å². The lowest BCUT2D eigenvalue weighted by molar-refractivity contribution is -0.00305. The van der Waals surface area contributed by atoms with Crippen LogP contribution in [0.1, 0.15) is 60.3 Å². The monoisotopic (exact) mass is 268 g/mol. The van der Waals surface area contributed by atoms with Crippen molar-refractivity contribution in [2.75, 3.05) is 13.1 Å². The largest absolute Gasteiger partial charge is 0.444 e. The Balaban J connectivity index is 2.10. The second kappa shape index (κ2) is 4.65. The number of nitrogens with zero attached hydrogens (tertiary/aromatic N) is 1. The molecule has 0 aromatic carbocycles. The van der Waals surface area contributed by atoms with Crippen LogP contribution in [0.3, 0.4) is 0 Å². The van der Waals surface area contributed by atoms with E-state index in [0.717, 1.165) is 19.4 Å². The third kappa shape index (κ3) is 3.62. The molecule has 1 saturated carbocycles. The minimum absolute atomic E-state index is 0.0422. The summed E-state index contributed by atoms with van der Waals surface area (Å²) in [6.07, 6.45) is 4.66. The molecular weight excluding hydrogens is 240 g/mol. The quantitative estimate of drug-likeness (QED) is 0.734. The Bertz CT molecular complexity index is 352. The fourth-order valence-corrected chi connectivity index (χ4v) is 3.49. The highest BCUT2D eigenvalue weighted by molar-refractivity contribution is 5.68. The van der Waals surface area contributed by atoms with E-state index in [9.17, 15) is 4.79 Å². The minimum Gasteiger partial charge on any atom is -0.444 e.